The maximum Gasteiger partial charge on any atom is 0.146 e. The van der Waals surface area contributed by atoms with E-state index in [9.17, 15) is 5.11 Å². The van der Waals surface area contributed by atoms with Crippen molar-refractivity contribution < 1.29 is 14.6 Å². The van der Waals surface area contributed by atoms with Crippen LogP contribution in [0.4, 0.5) is 0 Å². The van der Waals surface area contributed by atoms with Crippen LogP contribution >= 0.6 is 0 Å². The summed E-state index contributed by atoms with van der Waals surface area (Å²) in [6.45, 7) is 3.39. The zero-order chi connectivity index (χ0) is 16.3. The number of methoxy groups -OCH3 is 1. The number of aliphatic hydroxyl groups excluding tert-OH is 1. The lowest BCUT2D eigenvalue weighted by Gasteiger charge is -2.03. The molecule has 0 fully saturated rings. The van der Waals surface area contributed by atoms with Crippen molar-refractivity contribution in [3.05, 3.63) is 0 Å². The Labute approximate surface area is 137 Å². The van der Waals surface area contributed by atoms with E-state index in [2.05, 4.69) is 18.8 Å². The van der Waals surface area contributed by atoms with Crippen LogP contribution < -0.4 is 0 Å². The molecular weight excluding hydrogens is 276 g/mol. The fraction of sp³-hybridized carbons (Fsp3) is 0.895. The van der Waals surface area contributed by atoms with Gasteiger partial charge in [0.05, 0.1) is 0 Å². The molecular formula is C19H36O3. The molecule has 3 heteroatoms. The molecule has 0 unspecified atom stereocenters. The highest BCUT2D eigenvalue weighted by Gasteiger charge is 1.97. The van der Waals surface area contributed by atoms with Crippen molar-refractivity contribution in [1.82, 2.24) is 0 Å². The van der Waals surface area contributed by atoms with Crippen molar-refractivity contribution in [2.75, 3.05) is 20.5 Å². The molecule has 0 aliphatic rings. The second-order valence-corrected chi connectivity index (χ2v) is 5.87. The highest BCUT2D eigenvalue weighted by atomic mass is 16.7. The standard InChI is InChI=1S/C19H36O3/c1-3-4-12-15-19(20)16-13-10-8-6-5-7-9-11-14-17-22-18-21-2/h19-20H,3-12,14-15,17-18H2,1-2H3/t19-/m1/s1. The summed E-state index contributed by atoms with van der Waals surface area (Å²) in [5.41, 5.74) is 0. The summed E-state index contributed by atoms with van der Waals surface area (Å²) in [5, 5.41) is 9.66. The van der Waals surface area contributed by atoms with Crippen molar-refractivity contribution >= 4 is 0 Å². The Hall–Kier alpha value is -0.560. The quantitative estimate of drug-likeness (QED) is 0.271. The monoisotopic (exact) mass is 312 g/mol. The molecule has 0 aliphatic heterocycles. The van der Waals surface area contributed by atoms with Crippen LogP contribution in [0, 0.1) is 11.8 Å². The minimum Gasteiger partial charge on any atom is -0.380 e. The highest BCUT2D eigenvalue weighted by Crippen LogP contribution is 2.08. The summed E-state index contributed by atoms with van der Waals surface area (Å²) in [5.74, 6) is 6.07. The maximum absolute atomic E-state index is 9.66. The summed E-state index contributed by atoms with van der Waals surface area (Å²) >= 11 is 0. The number of hydrogen-bond donors (Lipinski definition) is 1. The normalized spacial score (nSPS) is 12.0. The van der Waals surface area contributed by atoms with Gasteiger partial charge in [-0.1, -0.05) is 57.8 Å². The largest absolute Gasteiger partial charge is 0.380 e. The first kappa shape index (κ1) is 21.4. The molecule has 0 bridgehead atoms. The predicted octanol–water partition coefficient (Wildman–Crippen LogP) is 4.67. The van der Waals surface area contributed by atoms with Gasteiger partial charge < -0.3 is 14.6 Å². The molecule has 0 aliphatic carbocycles. The van der Waals surface area contributed by atoms with Crippen LogP contribution in [-0.2, 0) is 9.47 Å². The Bertz CT molecular complexity index is 268. The van der Waals surface area contributed by atoms with E-state index in [1.165, 1.54) is 44.9 Å². The predicted molar refractivity (Wildman–Crippen MR) is 92.7 cm³/mol. The van der Waals surface area contributed by atoms with Crippen LogP contribution in [-0.4, -0.2) is 31.7 Å². The lowest BCUT2D eigenvalue weighted by molar-refractivity contribution is -0.0315. The fourth-order valence-corrected chi connectivity index (χ4v) is 2.29. The van der Waals surface area contributed by atoms with Crippen molar-refractivity contribution in [3.63, 3.8) is 0 Å². The Morgan fingerprint density at radius 2 is 1.59 bits per heavy atom. The molecule has 0 amide bonds. The Morgan fingerprint density at radius 1 is 0.909 bits per heavy atom. The number of hydrogen-bond acceptors (Lipinski definition) is 3. The minimum absolute atomic E-state index is 0.410. The van der Waals surface area contributed by atoms with Crippen LogP contribution in [0.5, 0.6) is 0 Å². The van der Waals surface area contributed by atoms with Gasteiger partial charge in [-0.05, 0) is 25.7 Å². The van der Waals surface area contributed by atoms with Crippen LogP contribution in [0.3, 0.4) is 0 Å². The molecule has 22 heavy (non-hydrogen) atoms. The van der Waals surface area contributed by atoms with E-state index in [0.717, 1.165) is 38.7 Å². The Kier molecular flexibility index (Phi) is 18.0. The maximum atomic E-state index is 9.66. The molecule has 1 atom stereocenters. The first-order valence-electron chi connectivity index (χ1n) is 9.04. The van der Waals surface area contributed by atoms with Gasteiger partial charge in [0, 0.05) is 20.1 Å². The summed E-state index contributed by atoms with van der Waals surface area (Å²) in [4.78, 5) is 0. The fourth-order valence-electron chi connectivity index (χ4n) is 2.29. The number of ether oxygens (including phenoxy) is 2. The van der Waals surface area contributed by atoms with Gasteiger partial charge in [0.1, 0.15) is 12.9 Å². The second kappa shape index (κ2) is 18.5. The van der Waals surface area contributed by atoms with Gasteiger partial charge in [-0.3, -0.25) is 0 Å². The smallest absolute Gasteiger partial charge is 0.146 e. The van der Waals surface area contributed by atoms with Crippen molar-refractivity contribution in [3.8, 4) is 11.8 Å². The Balaban J connectivity index is 3.20. The first-order valence-corrected chi connectivity index (χ1v) is 9.04. The second-order valence-electron chi connectivity index (χ2n) is 5.87. The van der Waals surface area contributed by atoms with Gasteiger partial charge in [0.2, 0.25) is 0 Å². The molecule has 0 saturated carbocycles. The van der Waals surface area contributed by atoms with E-state index < -0.39 is 6.10 Å². The SMILES string of the molecule is CCCCC[C@@H](O)C#CCCCCCCCCCOCOC. The Morgan fingerprint density at radius 3 is 2.27 bits per heavy atom. The molecule has 3 nitrogen and oxygen atoms in total. The zero-order valence-corrected chi connectivity index (χ0v) is 14.7. The summed E-state index contributed by atoms with van der Waals surface area (Å²) in [7, 11) is 1.65. The third-order valence-electron chi connectivity index (χ3n) is 3.64. The summed E-state index contributed by atoms with van der Waals surface area (Å²) in [6, 6.07) is 0. The number of aliphatic hydroxyl groups is 1. The molecule has 0 radical (unpaired) electrons. The van der Waals surface area contributed by atoms with Crippen molar-refractivity contribution in [2.45, 2.75) is 90.1 Å². The third-order valence-corrected chi connectivity index (χ3v) is 3.64. The molecule has 0 aromatic carbocycles. The topological polar surface area (TPSA) is 38.7 Å². The molecule has 0 spiro atoms. The van der Waals surface area contributed by atoms with E-state index in [1.807, 2.05) is 0 Å². The van der Waals surface area contributed by atoms with Gasteiger partial charge in [0.15, 0.2) is 0 Å². The number of rotatable bonds is 15. The van der Waals surface area contributed by atoms with E-state index >= 15 is 0 Å². The summed E-state index contributed by atoms with van der Waals surface area (Å²) in [6.07, 6.45) is 13.5. The molecule has 0 saturated heterocycles. The van der Waals surface area contributed by atoms with E-state index in [1.54, 1.807) is 7.11 Å². The van der Waals surface area contributed by atoms with Crippen LogP contribution in [0.25, 0.3) is 0 Å². The van der Waals surface area contributed by atoms with E-state index in [4.69, 9.17) is 9.47 Å². The first-order chi connectivity index (χ1) is 10.8. The van der Waals surface area contributed by atoms with Gasteiger partial charge in [-0.25, -0.2) is 0 Å². The van der Waals surface area contributed by atoms with Crippen molar-refractivity contribution in [2.24, 2.45) is 0 Å². The molecule has 0 aromatic heterocycles. The molecule has 130 valence electrons. The average molecular weight is 312 g/mol. The van der Waals surface area contributed by atoms with Gasteiger partial charge in [-0.15, -0.1) is 5.92 Å². The van der Waals surface area contributed by atoms with E-state index in [0.29, 0.717) is 6.79 Å². The van der Waals surface area contributed by atoms with Gasteiger partial charge in [-0.2, -0.15) is 0 Å². The molecule has 1 N–H and O–H groups in total. The third kappa shape index (κ3) is 17.5. The van der Waals surface area contributed by atoms with Crippen molar-refractivity contribution in [1.29, 1.82) is 0 Å². The lowest BCUT2D eigenvalue weighted by Crippen LogP contribution is -2.01. The van der Waals surface area contributed by atoms with Crippen LogP contribution in [0.2, 0.25) is 0 Å². The molecule has 0 heterocycles. The number of unbranched alkanes of at least 4 members (excludes halogenated alkanes) is 9. The minimum atomic E-state index is -0.410. The lowest BCUT2D eigenvalue weighted by atomic mass is 10.1. The van der Waals surface area contributed by atoms with Gasteiger partial charge in [0.25, 0.3) is 0 Å². The highest BCUT2D eigenvalue weighted by molar-refractivity contribution is 5.04. The van der Waals surface area contributed by atoms with Crippen LogP contribution in [0.15, 0.2) is 0 Å². The molecule has 0 rings (SSSR count). The average Bonchev–Trinajstić information content (AvgIpc) is 2.52. The molecule has 0 aromatic rings. The van der Waals surface area contributed by atoms with Gasteiger partial charge >= 0.3 is 0 Å². The zero-order valence-electron chi connectivity index (χ0n) is 14.7. The summed E-state index contributed by atoms with van der Waals surface area (Å²) < 4.78 is 10.1. The van der Waals surface area contributed by atoms with Crippen LogP contribution in [0.1, 0.15) is 84.0 Å². The van der Waals surface area contributed by atoms with E-state index in [-0.39, 0.29) is 0 Å².